The van der Waals surface area contributed by atoms with Gasteiger partial charge in [0.15, 0.2) is 12.4 Å². The van der Waals surface area contributed by atoms with Gasteiger partial charge in [0.1, 0.15) is 36.6 Å². The second kappa shape index (κ2) is 68.3. The second-order valence-electron chi connectivity index (χ2n) is 30.3. The molecule has 1 saturated heterocycles. The highest BCUT2D eigenvalue weighted by molar-refractivity contribution is 7.46. The molecule has 0 aliphatic carbocycles. The molecule has 0 radical (unpaired) electrons. The zero-order valence-corrected chi connectivity index (χ0v) is 68.1. The molecule has 1 fully saturated rings. The van der Waals surface area contributed by atoms with E-state index in [1.165, 1.54) is 57.8 Å². The lowest BCUT2D eigenvalue weighted by molar-refractivity contribution is -0.272. The summed E-state index contributed by atoms with van der Waals surface area (Å²) in [6.07, 6.45) is 38.7. The van der Waals surface area contributed by atoms with Crippen molar-refractivity contribution in [3.8, 4) is 0 Å². The van der Waals surface area contributed by atoms with Crippen molar-refractivity contribution in [2.75, 3.05) is 13.2 Å². The largest absolute Gasteiger partial charge is 0.481 e. The lowest BCUT2D eigenvalue weighted by Gasteiger charge is -2.45. The number of carbonyl (C=O) groups is 7. The Labute approximate surface area is 636 Å². The molecule has 0 bridgehead atoms. The molecule has 1 aliphatic rings. The first-order chi connectivity index (χ1) is 50.8. The van der Waals surface area contributed by atoms with Crippen LogP contribution in [0.4, 0.5) is 0 Å². The van der Waals surface area contributed by atoms with Crippen molar-refractivity contribution in [1.82, 2.24) is 10.6 Å². The standard InChI is InChI=1S/C83H155N2O19P/c1-7-13-19-25-31-34-40-43-49-55-69(99-76(91)58-52-46-37-28-22-16-10-4)63-73(87)84-68(61-62-75(89)90)67-98-83-80(85-74(88)64-70(56-50-44-41-35-32-26-20-14-8-2)100-77(92)59-53-47-38-29-23-17-11-5)82(81(72(66-86)102-83)104-105(95,96)97)103-79(94)65-71(57-51-45-42-36-33-27-21-15-9-3)101-78(93)60-54-48-39-30-24-18-12-6/h68-72,80-83,86H,7-67H2,1-6H3,(H,84,87)(H,85,88)(H,89,90)(H2,95,96,97)/t68?,69-,70-,71-,72-,80-,81-,82-,83+/m1/s1. The number of rotatable bonds is 75. The number of carbonyl (C=O) groups excluding carboxylic acids is 6. The molecule has 0 aromatic carbocycles. The Kier molecular flexibility index (Phi) is 64.6. The maximum absolute atomic E-state index is 14.9. The molecule has 9 atom stereocenters. The van der Waals surface area contributed by atoms with E-state index in [0.717, 1.165) is 212 Å². The molecular formula is C83H155N2O19P. The third kappa shape index (κ3) is 58.0. The molecule has 1 rings (SSSR count). The monoisotopic (exact) mass is 1520 g/mol. The highest BCUT2D eigenvalue weighted by Gasteiger charge is 2.52. The van der Waals surface area contributed by atoms with E-state index in [1.807, 2.05) is 0 Å². The Balaban J connectivity index is 3.93. The van der Waals surface area contributed by atoms with Gasteiger partial charge in [-0.05, 0) is 64.2 Å². The van der Waals surface area contributed by atoms with Crippen LogP contribution in [0.1, 0.15) is 420 Å². The number of amides is 2. The van der Waals surface area contributed by atoms with Crippen LogP contribution in [-0.2, 0) is 71.1 Å². The SMILES string of the molecule is CCCCCCCCCCC[C@H](CC(=O)NC(CCC(=O)O)CO[C@H]1O[C@H](CO)[C@@H](OP(=O)(O)O)[C@H](OC(=O)C[C@@H](CCCCCCCCCCC)OC(=O)CCCCCCCCC)[C@H]1NC(=O)C[C@@H](CCCCCCCCCCC)OC(=O)CCCCCCCCC)OC(=O)CCCCCCCCC. The van der Waals surface area contributed by atoms with Crippen LogP contribution in [0, 0.1) is 0 Å². The molecule has 2 amide bonds. The van der Waals surface area contributed by atoms with Crippen LogP contribution in [-0.4, -0.2) is 130 Å². The van der Waals surface area contributed by atoms with E-state index in [1.54, 1.807) is 0 Å². The number of unbranched alkanes of at least 4 members (excludes halogenated alkanes) is 42. The Bertz CT molecular complexity index is 2200. The van der Waals surface area contributed by atoms with Gasteiger partial charge in [-0.1, -0.05) is 311 Å². The van der Waals surface area contributed by atoms with Gasteiger partial charge in [0.05, 0.1) is 38.5 Å². The van der Waals surface area contributed by atoms with Gasteiger partial charge in [-0.2, -0.15) is 0 Å². The number of hydrogen-bond donors (Lipinski definition) is 6. The van der Waals surface area contributed by atoms with Gasteiger partial charge in [0, 0.05) is 25.7 Å². The van der Waals surface area contributed by atoms with E-state index in [9.17, 15) is 58.1 Å². The van der Waals surface area contributed by atoms with E-state index in [-0.39, 0.29) is 32.1 Å². The highest BCUT2D eigenvalue weighted by atomic mass is 31.2. The van der Waals surface area contributed by atoms with Crippen LogP contribution in [0.15, 0.2) is 0 Å². The Morgan fingerprint density at radius 1 is 0.390 bits per heavy atom. The lowest BCUT2D eigenvalue weighted by Crippen LogP contribution is -2.66. The Hall–Kier alpha value is -3.72. The topological polar surface area (TPSA) is 306 Å². The first kappa shape index (κ1) is 99.3. The van der Waals surface area contributed by atoms with Crippen LogP contribution < -0.4 is 10.6 Å². The van der Waals surface area contributed by atoms with Crippen LogP contribution in [0.5, 0.6) is 0 Å². The van der Waals surface area contributed by atoms with Gasteiger partial charge in [-0.15, -0.1) is 0 Å². The maximum atomic E-state index is 14.9. The number of carboxylic acids is 1. The van der Waals surface area contributed by atoms with Crippen molar-refractivity contribution in [1.29, 1.82) is 0 Å². The molecule has 105 heavy (non-hydrogen) atoms. The minimum absolute atomic E-state index is 0.135. The van der Waals surface area contributed by atoms with Gasteiger partial charge in [-0.25, -0.2) is 4.57 Å². The molecule has 0 aromatic rings. The van der Waals surface area contributed by atoms with Crippen molar-refractivity contribution in [3.05, 3.63) is 0 Å². The maximum Gasteiger partial charge on any atom is 0.470 e. The van der Waals surface area contributed by atoms with Crippen LogP contribution >= 0.6 is 7.82 Å². The minimum atomic E-state index is -5.55. The van der Waals surface area contributed by atoms with E-state index >= 15 is 0 Å². The first-order valence-corrected chi connectivity index (χ1v) is 44.6. The molecule has 0 spiro atoms. The number of aliphatic carboxylic acids is 1. The fourth-order valence-electron chi connectivity index (χ4n) is 13.9. The Morgan fingerprint density at radius 2 is 0.705 bits per heavy atom. The smallest absolute Gasteiger partial charge is 0.470 e. The summed E-state index contributed by atoms with van der Waals surface area (Å²) in [6, 6.07) is -2.78. The highest BCUT2D eigenvalue weighted by Crippen LogP contribution is 2.42. The number of aliphatic hydroxyl groups excluding tert-OH is 1. The summed E-state index contributed by atoms with van der Waals surface area (Å²) in [6.45, 7) is 11.5. The van der Waals surface area contributed by atoms with E-state index in [0.29, 0.717) is 57.8 Å². The summed E-state index contributed by atoms with van der Waals surface area (Å²) in [7, 11) is -5.55. The Morgan fingerprint density at radius 3 is 1.03 bits per heavy atom. The molecule has 0 aromatic heterocycles. The molecule has 616 valence electrons. The van der Waals surface area contributed by atoms with Crippen molar-refractivity contribution >= 4 is 49.5 Å². The van der Waals surface area contributed by atoms with Gasteiger partial charge < -0.3 is 59.1 Å². The van der Waals surface area contributed by atoms with Crippen molar-refractivity contribution < 1.29 is 91.1 Å². The molecule has 1 aliphatic heterocycles. The van der Waals surface area contributed by atoms with Gasteiger partial charge in [-0.3, -0.25) is 38.1 Å². The lowest BCUT2D eigenvalue weighted by atomic mass is 9.95. The summed E-state index contributed by atoms with van der Waals surface area (Å²) in [5, 5.41) is 26.8. The molecule has 21 nitrogen and oxygen atoms in total. The number of phosphoric acid groups is 1. The number of esters is 4. The average molecular weight is 1520 g/mol. The summed E-state index contributed by atoms with van der Waals surface area (Å²) >= 11 is 0. The predicted molar refractivity (Wildman–Crippen MR) is 416 cm³/mol. The second-order valence-corrected chi connectivity index (χ2v) is 31.5. The molecule has 1 unspecified atom stereocenters. The zero-order chi connectivity index (χ0) is 77.2. The van der Waals surface area contributed by atoms with Gasteiger partial charge in [0.25, 0.3) is 0 Å². The number of aliphatic hydroxyl groups is 1. The van der Waals surface area contributed by atoms with Crippen molar-refractivity contribution in [2.45, 2.75) is 475 Å². The molecular weight excluding hydrogens is 1360 g/mol. The summed E-state index contributed by atoms with van der Waals surface area (Å²) in [4.78, 5) is 118. The first-order valence-electron chi connectivity index (χ1n) is 43.0. The van der Waals surface area contributed by atoms with Crippen LogP contribution in [0.3, 0.4) is 0 Å². The van der Waals surface area contributed by atoms with Crippen LogP contribution in [0.25, 0.3) is 0 Å². The normalized spacial score (nSPS) is 17.2. The quantitative estimate of drug-likeness (QED) is 0.0143. The summed E-state index contributed by atoms with van der Waals surface area (Å²) < 4.78 is 55.6. The predicted octanol–water partition coefficient (Wildman–Crippen LogP) is 20.0. The van der Waals surface area contributed by atoms with Gasteiger partial charge >= 0.3 is 37.7 Å². The molecule has 6 N–H and O–H groups in total. The van der Waals surface area contributed by atoms with E-state index in [4.69, 9.17) is 32.9 Å². The number of carboxylic acid groups (broad SMARTS) is 1. The number of phosphoric ester groups is 1. The van der Waals surface area contributed by atoms with Crippen molar-refractivity contribution in [3.63, 3.8) is 0 Å². The number of ether oxygens (including phenoxy) is 6. The molecule has 22 heteroatoms. The fraction of sp³-hybridized carbons (Fsp3) is 0.916. The molecule has 1 heterocycles. The van der Waals surface area contributed by atoms with Gasteiger partial charge in [0.2, 0.25) is 11.8 Å². The fourth-order valence-corrected chi connectivity index (χ4v) is 14.5. The summed E-state index contributed by atoms with van der Waals surface area (Å²) in [5.41, 5.74) is 0. The minimum Gasteiger partial charge on any atom is -0.481 e. The van der Waals surface area contributed by atoms with Crippen LogP contribution in [0.2, 0.25) is 0 Å². The third-order valence-electron chi connectivity index (χ3n) is 20.2. The third-order valence-corrected chi connectivity index (χ3v) is 20.7. The van der Waals surface area contributed by atoms with E-state index < -0.39 is 137 Å². The van der Waals surface area contributed by atoms with Crippen molar-refractivity contribution in [2.24, 2.45) is 0 Å². The number of hydrogen-bond acceptors (Lipinski definition) is 16. The average Bonchev–Trinajstić information content (AvgIpc) is 0.780. The summed E-state index contributed by atoms with van der Waals surface area (Å²) in [5.74, 6) is -4.82. The zero-order valence-electron chi connectivity index (χ0n) is 67.2. The van der Waals surface area contributed by atoms with E-state index in [2.05, 4.69) is 52.2 Å². The number of nitrogens with one attached hydrogen (secondary N) is 2. The molecule has 0 saturated carbocycles.